The highest BCUT2D eigenvalue weighted by Crippen LogP contribution is 2.06. The minimum atomic E-state index is -0.313. The molecule has 0 aliphatic heterocycles. The van der Waals surface area contributed by atoms with Crippen LogP contribution in [0.25, 0.3) is 0 Å². The van der Waals surface area contributed by atoms with Crippen LogP contribution in [0.1, 0.15) is 33.6 Å². The van der Waals surface area contributed by atoms with E-state index in [9.17, 15) is 4.79 Å². The van der Waals surface area contributed by atoms with Gasteiger partial charge in [-0.1, -0.05) is 13.8 Å². The summed E-state index contributed by atoms with van der Waals surface area (Å²) in [7, 11) is 1.79. The van der Waals surface area contributed by atoms with Gasteiger partial charge in [-0.3, -0.25) is 4.79 Å². The first-order valence-electron chi connectivity index (χ1n) is 4.99. The average Bonchev–Trinajstić information content (AvgIpc) is 2.11. The van der Waals surface area contributed by atoms with Crippen molar-refractivity contribution in [2.24, 2.45) is 11.7 Å². The molecule has 0 aromatic carbocycles. The summed E-state index contributed by atoms with van der Waals surface area (Å²) in [4.78, 5) is 13.2. The van der Waals surface area contributed by atoms with Crippen LogP contribution in [0.3, 0.4) is 0 Å². The number of amides is 1. The van der Waals surface area contributed by atoms with Gasteiger partial charge < -0.3 is 10.6 Å². The Morgan fingerprint density at radius 3 is 2.31 bits per heavy atom. The number of carbonyl (C=O) groups excluding carboxylic acids is 1. The molecule has 0 aromatic heterocycles. The summed E-state index contributed by atoms with van der Waals surface area (Å²) in [5, 5.41) is 0. The Balaban J connectivity index is 3.82. The van der Waals surface area contributed by atoms with Gasteiger partial charge in [0.05, 0.1) is 6.04 Å². The second-order valence-corrected chi connectivity index (χ2v) is 3.93. The summed E-state index contributed by atoms with van der Waals surface area (Å²) in [6.07, 6.45) is 1.81. The van der Waals surface area contributed by atoms with Crippen molar-refractivity contribution in [3.05, 3.63) is 0 Å². The van der Waals surface area contributed by atoms with Crippen molar-refractivity contribution < 1.29 is 4.79 Å². The van der Waals surface area contributed by atoms with Crippen LogP contribution in [0.4, 0.5) is 0 Å². The van der Waals surface area contributed by atoms with Gasteiger partial charge in [-0.05, 0) is 25.7 Å². The van der Waals surface area contributed by atoms with Crippen LogP contribution in [0.15, 0.2) is 0 Å². The van der Waals surface area contributed by atoms with Gasteiger partial charge in [0, 0.05) is 13.6 Å². The van der Waals surface area contributed by atoms with E-state index in [1.807, 2.05) is 6.92 Å². The summed E-state index contributed by atoms with van der Waals surface area (Å²) in [5.74, 6) is 0.675. The van der Waals surface area contributed by atoms with Gasteiger partial charge in [-0.15, -0.1) is 0 Å². The topological polar surface area (TPSA) is 46.3 Å². The third-order valence-corrected chi connectivity index (χ3v) is 2.22. The van der Waals surface area contributed by atoms with Crippen LogP contribution in [0, 0.1) is 5.92 Å². The Labute approximate surface area is 81.3 Å². The first-order valence-corrected chi connectivity index (χ1v) is 4.99. The second kappa shape index (κ2) is 5.97. The molecule has 3 heteroatoms. The first kappa shape index (κ1) is 12.4. The molecule has 0 bridgehead atoms. The maximum Gasteiger partial charge on any atom is 0.239 e. The van der Waals surface area contributed by atoms with Gasteiger partial charge in [0.2, 0.25) is 5.91 Å². The molecule has 3 nitrogen and oxygen atoms in total. The fourth-order valence-corrected chi connectivity index (χ4v) is 1.08. The summed E-state index contributed by atoms with van der Waals surface area (Å²) in [5.41, 5.74) is 5.75. The van der Waals surface area contributed by atoms with Crippen LogP contribution in [-0.4, -0.2) is 30.4 Å². The van der Waals surface area contributed by atoms with E-state index in [1.54, 1.807) is 11.9 Å². The molecule has 2 N–H and O–H groups in total. The van der Waals surface area contributed by atoms with Crippen LogP contribution < -0.4 is 5.73 Å². The Morgan fingerprint density at radius 1 is 1.38 bits per heavy atom. The van der Waals surface area contributed by atoms with Gasteiger partial charge in [-0.2, -0.15) is 0 Å². The van der Waals surface area contributed by atoms with Crippen molar-refractivity contribution in [1.82, 2.24) is 4.90 Å². The van der Waals surface area contributed by atoms with Gasteiger partial charge in [0.1, 0.15) is 0 Å². The van der Waals surface area contributed by atoms with E-state index in [1.165, 1.54) is 0 Å². The molecule has 0 rings (SSSR count). The number of hydrogen-bond donors (Lipinski definition) is 1. The average molecular weight is 186 g/mol. The Hall–Kier alpha value is -0.570. The lowest BCUT2D eigenvalue weighted by Gasteiger charge is -2.19. The van der Waals surface area contributed by atoms with E-state index >= 15 is 0 Å². The molecule has 0 spiro atoms. The van der Waals surface area contributed by atoms with Crippen molar-refractivity contribution >= 4 is 5.91 Å². The molecule has 13 heavy (non-hydrogen) atoms. The molecule has 0 aromatic rings. The largest absolute Gasteiger partial charge is 0.345 e. The van der Waals surface area contributed by atoms with E-state index in [2.05, 4.69) is 13.8 Å². The molecular formula is C10H22N2O. The molecule has 0 fully saturated rings. The molecule has 1 unspecified atom stereocenters. The molecular weight excluding hydrogens is 164 g/mol. The van der Waals surface area contributed by atoms with E-state index in [4.69, 9.17) is 5.73 Å². The highest BCUT2D eigenvalue weighted by atomic mass is 16.2. The maximum absolute atomic E-state index is 11.5. The lowest BCUT2D eigenvalue weighted by molar-refractivity contribution is -0.131. The SMILES string of the molecule is CCN(C)C(=O)C(N)CCC(C)C. The predicted molar refractivity (Wildman–Crippen MR) is 55.4 cm³/mol. The van der Waals surface area contributed by atoms with Crippen LogP contribution in [0.5, 0.6) is 0 Å². The van der Waals surface area contributed by atoms with Crippen molar-refractivity contribution in [1.29, 1.82) is 0 Å². The van der Waals surface area contributed by atoms with Crippen LogP contribution in [0.2, 0.25) is 0 Å². The van der Waals surface area contributed by atoms with Crippen molar-refractivity contribution in [2.45, 2.75) is 39.7 Å². The summed E-state index contributed by atoms with van der Waals surface area (Å²) >= 11 is 0. The highest BCUT2D eigenvalue weighted by Gasteiger charge is 2.16. The predicted octanol–water partition coefficient (Wildman–Crippen LogP) is 1.23. The third-order valence-electron chi connectivity index (χ3n) is 2.22. The van der Waals surface area contributed by atoms with Gasteiger partial charge in [0.15, 0.2) is 0 Å². The first-order chi connectivity index (χ1) is 5.99. The smallest absolute Gasteiger partial charge is 0.239 e. The number of carbonyl (C=O) groups is 1. The monoisotopic (exact) mass is 186 g/mol. The molecule has 0 radical (unpaired) electrons. The molecule has 78 valence electrons. The number of likely N-dealkylation sites (N-methyl/N-ethyl adjacent to an activating group) is 1. The van der Waals surface area contributed by atoms with Crippen molar-refractivity contribution in [3.8, 4) is 0 Å². The maximum atomic E-state index is 11.5. The van der Waals surface area contributed by atoms with Crippen LogP contribution in [-0.2, 0) is 4.79 Å². The Morgan fingerprint density at radius 2 is 1.92 bits per heavy atom. The lowest BCUT2D eigenvalue weighted by Crippen LogP contribution is -2.41. The number of hydrogen-bond acceptors (Lipinski definition) is 2. The van der Waals surface area contributed by atoms with E-state index in [0.717, 1.165) is 19.4 Å². The number of nitrogens with two attached hydrogens (primary N) is 1. The normalized spacial score (nSPS) is 13.1. The second-order valence-electron chi connectivity index (χ2n) is 3.93. The van der Waals surface area contributed by atoms with Crippen molar-refractivity contribution in [3.63, 3.8) is 0 Å². The highest BCUT2D eigenvalue weighted by molar-refractivity contribution is 5.81. The molecule has 0 heterocycles. The number of rotatable bonds is 5. The number of nitrogens with zero attached hydrogens (tertiary/aromatic N) is 1. The minimum Gasteiger partial charge on any atom is -0.345 e. The van der Waals surface area contributed by atoms with Crippen molar-refractivity contribution in [2.75, 3.05) is 13.6 Å². The Kier molecular flexibility index (Phi) is 5.71. The molecule has 0 saturated heterocycles. The summed E-state index contributed by atoms with van der Waals surface area (Å²) < 4.78 is 0. The van der Waals surface area contributed by atoms with Gasteiger partial charge in [-0.25, -0.2) is 0 Å². The quantitative estimate of drug-likeness (QED) is 0.702. The third kappa shape index (κ3) is 4.88. The fourth-order valence-electron chi connectivity index (χ4n) is 1.08. The zero-order chi connectivity index (χ0) is 10.4. The van der Waals surface area contributed by atoms with E-state index in [0.29, 0.717) is 5.92 Å². The molecule has 1 atom stereocenters. The molecule has 0 aliphatic rings. The zero-order valence-electron chi connectivity index (χ0n) is 9.21. The van der Waals surface area contributed by atoms with E-state index < -0.39 is 0 Å². The standard InChI is InChI=1S/C10H22N2O/c1-5-12(4)10(13)9(11)7-6-8(2)3/h8-9H,5-7,11H2,1-4H3. The molecule has 0 saturated carbocycles. The fraction of sp³-hybridized carbons (Fsp3) is 0.900. The zero-order valence-corrected chi connectivity index (χ0v) is 9.21. The minimum absolute atomic E-state index is 0.0585. The molecule has 1 amide bonds. The lowest BCUT2D eigenvalue weighted by atomic mass is 10.0. The summed E-state index contributed by atoms with van der Waals surface area (Å²) in [6, 6.07) is -0.313. The van der Waals surface area contributed by atoms with Gasteiger partial charge >= 0.3 is 0 Å². The summed E-state index contributed by atoms with van der Waals surface area (Å²) in [6.45, 7) is 6.96. The van der Waals surface area contributed by atoms with Gasteiger partial charge in [0.25, 0.3) is 0 Å². The molecule has 0 aliphatic carbocycles. The Bertz CT molecular complexity index is 157. The van der Waals surface area contributed by atoms with E-state index in [-0.39, 0.29) is 11.9 Å². The van der Waals surface area contributed by atoms with Crippen LogP contribution >= 0.6 is 0 Å².